The molecule has 0 amide bonds. The van der Waals surface area contributed by atoms with Crippen molar-refractivity contribution in [3.8, 4) is 5.75 Å². The normalized spacial score (nSPS) is 23.4. The van der Waals surface area contributed by atoms with Crippen LogP contribution >= 0.6 is 0 Å². The lowest BCUT2D eigenvalue weighted by molar-refractivity contribution is 0.340. The van der Waals surface area contributed by atoms with E-state index in [9.17, 15) is 0 Å². The fourth-order valence-electron chi connectivity index (χ4n) is 2.08. The highest BCUT2D eigenvalue weighted by Crippen LogP contribution is 2.35. The summed E-state index contributed by atoms with van der Waals surface area (Å²) in [4.78, 5) is 0. The molecule has 86 valence electrons. The van der Waals surface area contributed by atoms with Crippen molar-refractivity contribution in [1.82, 2.24) is 0 Å². The first kappa shape index (κ1) is 6.33. The van der Waals surface area contributed by atoms with Crippen LogP contribution in [0.2, 0.25) is 0 Å². The summed E-state index contributed by atoms with van der Waals surface area (Å²) < 4.78 is 41.6. The molecule has 1 aromatic carbocycles. The molecule has 16 heavy (non-hydrogen) atoms. The molecule has 0 bridgehead atoms. The molecule has 2 heteroatoms. The summed E-state index contributed by atoms with van der Waals surface area (Å²) in [6.07, 6.45) is 2.07. The van der Waals surface area contributed by atoms with Crippen LogP contribution in [0.25, 0.3) is 5.57 Å². The molecule has 2 rings (SSSR count). The van der Waals surface area contributed by atoms with Crippen molar-refractivity contribution in [2.45, 2.75) is 33.2 Å². The van der Waals surface area contributed by atoms with Crippen LogP contribution in [0.15, 0.2) is 24.3 Å². The number of allylic oxidation sites excluding steroid dienone is 1. The number of ether oxygens (including phenoxy) is 1. The molecule has 0 spiro atoms. The molecular weight excluding hydrogens is 198 g/mol. The average molecular weight is 222 g/mol. The molecule has 0 atom stereocenters. The third-order valence-corrected chi connectivity index (χ3v) is 2.62. The van der Waals surface area contributed by atoms with E-state index in [1.54, 1.807) is 18.2 Å². The molecule has 0 aliphatic carbocycles. The number of benzene rings is 1. The van der Waals surface area contributed by atoms with Crippen molar-refractivity contribution < 1.29 is 11.6 Å². The van der Waals surface area contributed by atoms with Gasteiger partial charge < -0.3 is 10.1 Å². The number of hydrogen-bond donors (Lipinski definition) is 1. The Balaban J connectivity index is 2.34. The Morgan fingerprint density at radius 1 is 1.50 bits per heavy atom. The van der Waals surface area contributed by atoms with Crippen LogP contribution in [-0.4, -0.2) is 12.1 Å². The van der Waals surface area contributed by atoms with Gasteiger partial charge in [-0.15, -0.1) is 0 Å². The maximum absolute atomic E-state index is 7.52. The van der Waals surface area contributed by atoms with Crippen LogP contribution in [-0.2, 0) is 0 Å². The zero-order valence-electron chi connectivity index (χ0n) is 14.7. The van der Waals surface area contributed by atoms with Gasteiger partial charge in [0, 0.05) is 15.4 Å². The Hall–Kier alpha value is -1.44. The molecule has 0 saturated carbocycles. The molecule has 0 radical (unpaired) electrons. The lowest BCUT2D eigenvalue weighted by Crippen LogP contribution is -2.31. The minimum atomic E-state index is -2.84. The van der Waals surface area contributed by atoms with Gasteiger partial charge in [-0.2, -0.15) is 0 Å². The predicted molar refractivity (Wildman–Crippen MR) is 69.0 cm³/mol. The zero-order valence-corrected chi connectivity index (χ0v) is 9.72. The van der Waals surface area contributed by atoms with Crippen LogP contribution in [0.5, 0.6) is 5.75 Å². The Kier molecular flexibility index (Phi) is 1.53. The van der Waals surface area contributed by atoms with E-state index in [-0.39, 0.29) is 11.3 Å². The first-order valence-corrected chi connectivity index (χ1v) is 5.22. The maximum Gasteiger partial charge on any atom is 0.120 e. The lowest BCUT2D eigenvalue weighted by atomic mass is 9.91. The second-order valence-electron chi connectivity index (χ2n) is 4.59. The van der Waals surface area contributed by atoms with E-state index in [0.29, 0.717) is 0 Å². The lowest BCUT2D eigenvalue weighted by Gasteiger charge is -2.31. The van der Waals surface area contributed by atoms with Crippen LogP contribution in [0.3, 0.4) is 0 Å². The number of fused-ring (bicyclic) bond motifs is 1. The zero-order chi connectivity index (χ0) is 16.1. The first-order valence-electron chi connectivity index (χ1n) is 7.72. The largest absolute Gasteiger partial charge is 0.494 e. The van der Waals surface area contributed by atoms with Crippen LogP contribution in [0, 0.1) is 0 Å². The van der Waals surface area contributed by atoms with Gasteiger partial charge in [-0.1, -0.05) is 6.08 Å². The SMILES string of the molecule is [2H]C([2H])([2H])C([2H])([2H])Oc1ccc2c(c1)C(C)=CC(C)(C)N2. The minimum absolute atomic E-state index is 0.160. The number of nitrogens with one attached hydrogen (secondary N) is 1. The number of hydrogen-bond acceptors (Lipinski definition) is 2. The second-order valence-corrected chi connectivity index (χ2v) is 4.59. The third kappa shape index (κ3) is 2.06. The van der Waals surface area contributed by atoms with Gasteiger partial charge >= 0.3 is 0 Å². The maximum atomic E-state index is 7.52. The van der Waals surface area contributed by atoms with Crippen molar-refractivity contribution >= 4 is 11.3 Å². The monoisotopic (exact) mass is 222 g/mol. The van der Waals surface area contributed by atoms with Crippen molar-refractivity contribution in [2.24, 2.45) is 0 Å². The van der Waals surface area contributed by atoms with Gasteiger partial charge in [0.15, 0.2) is 0 Å². The average Bonchev–Trinajstić information content (AvgIpc) is 2.26. The molecule has 1 aliphatic rings. The fourth-order valence-corrected chi connectivity index (χ4v) is 2.08. The fraction of sp³-hybridized carbons (Fsp3) is 0.429. The highest BCUT2D eigenvalue weighted by atomic mass is 16.5. The first-order chi connectivity index (χ1) is 9.41. The molecule has 2 nitrogen and oxygen atoms in total. The smallest absolute Gasteiger partial charge is 0.120 e. The molecule has 0 fully saturated rings. The summed E-state index contributed by atoms with van der Waals surface area (Å²) in [6, 6.07) is 5.01. The minimum Gasteiger partial charge on any atom is -0.494 e. The van der Waals surface area contributed by atoms with E-state index in [1.807, 2.05) is 6.92 Å². The summed E-state index contributed by atoms with van der Waals surface area (Å²) in [5.41, 5.74) is 2.68. The van der Waals surface area contributed by atoms with Crippen molar-refractivity contribution in [3.05, 3.63) is 29.8 Å². The van der Waals surface area contributed by atoms with Crippen molar-refractivity contribution in [1.29, 1.82) is 0 Å². The molecule has 0 unspecified atom stereocenters. The van der Waals surface area contributed by atoms with Gasteiger partial charge in [0.2, 0.25) is 0 Å². The third-order valence-electron chi connectivity index (χ3n) is 2.62. The molecule has 0 aromatic heterocycles. The van der Waals surface area contributed by atoms with Crippen molar-refractivity contribution in [3.63, 3.8) is 0 Å². The van der Waals surface area contributed by atoms with E-state index in [0.717, 1.165) is 16.8 Å². The van der Waals surface area contributed by atoms with Gasteiger partial charge in [0.1, 0.15) is 5.75 Å². The van der Waals surface area contributed by atoms with E-state index in [2.05, 4.69) is 25.2 Å². The van der Waals surface area contributed by atoms with Crippen molar-refractivity contribution in [2.75, 3.05) is 11.9 Å². The molecular formula is C14H19NO. The summed E-state index contributed by atoms with van der Waals surface area (Å²) in [5, 5.41) is 3.35. The van der Waals surface area contributed by atoms with E-state index in [1.165, 1.54) is 0 Å². The Labute approximate surface area is 104 Å². The summed E-state index contributed by atoms with van der Waals surface area (Å²) in [6.45, 7) is 0.506. The Morgan fingerprint density at radius 3 is 3.06 bits per heavy atom. The topological polar surface area (TPSA) is 21.3 Å². The van der Waals surface area contributed by atoms with Gasteiger partial charge in [0.05, 0.1) is 14.8 Å². The van der Waals surface area contributed by atoms with Gasteiger partial charge in [-0.25, -0.2) is 0 Å². The molecule has 1 heterocycles. The molecule has 1 aliphatic heterocycles. The number of anilines is 1. The van der Waals surface area contributed by atoms with Gasteiger partial charge in [-0.05, 0) is 51.4 Å². The second kappa shape index (κ2) is 3.85. The highest BCUT2D eigenvalue weighted by Gasteiger charge is 2.22. The standard InChI is InChI=1S/C14H19NO/c1-5-16-11-6-7-13-12(8-11)10(2)9-14(3,4)15-13/h6-9,15H,5H2,1-4H3/i1D3,5D2. The van der Waals surface area contributed by atoms with Gasteiger partial charge in [0.25, 0.3) is 0 Å². The van der Waals surface area contributed by atoms with Gasteiger partial charge in [-0.3, -0.25) is 0 Å². The highest BCUT2D eigenvalue weighted by molar-refractivity contribution is 5.80. The van der Waals surface area contributed by atoms with E-state index >= 15 is 0 Å². The van der Waals surface area contributed by atoms with Crippen LogP contribution in [0.1, 0.15) is 40.0 Å². The summed E-state index contributed by atoms with van der Waals surface area (Å²) in [7, 11) is 0. The van der Waals surface area contributed by atoms with E-state index < -0.39 is 13.4 Å². The summed E-state index contributed by atoms with van der Waals surface area (Å²) in [5.74, 6) is 0.198. The Bertz CT molecular complexity index is 590. The quantitative estimate of drug-likeness (QED) is 0.824. The van der Waals surface area contributed by atoms with Crippen LogP contribution in [0.4, 0.5) is 5.69 Å². The summed E-state index contributed by atoms with van der Waals surface area (Å²) >= 11 is 0. The van der Waals surface area contributed by atoms with Crippen LogP contribution < -0.4 is 10.1 Å². The molecule has 1 aromatic rings. The van der Waals surface area contributed by atoms with E-state index in [4.69, 9.17) is 11.6 Å². The molecule has 0 saturated heterocycles. The number of rotatable bonds is 2. The molecule has 1 N–H and O–H groups in total. The Morgan fingerprint density at radius 2 is 2.31 bits per heavy atom. The predicted octanol–water partition coefficient (Wildman–Crippen LogP) is 3.69.